The van der Waals surface area contributed by atoms with E-state index in [1.54, 1.807) is 5.57 Å². The fraction of sp³-hybridized carbons (Fsp3) is 0.800. The SMILES string of the molecule is C(=C1/CCCNC1)/C1CCCO1. The van der Waals surface area contributed by atoms with E-state index in [-0.39, 0.29) is 0 Å². The number of nitrogens with one attached hydrogen (secondary N) is 1. The van der Waals surface area contributed by atoms with E-state index in [0.717, 1.165) is 13.2 Å². The first kappa shape index (κ1) is 8.27. The van der Waals surface area contributed by atoms with Crippen molar-refractivity contribution in [2.24, 2.45) is 0 Å². The summed E-state index contributed by atoms with van der Waals surface area (Å²) in [6, 6.07) is 0. The molecular weight excluding hydrogens is 150 g/mol. The molecule has 2 heteroatoms. The Kier molecular flexibility index (Phi) is 2.79. The van der Waals surface area contributed by atoms with Crippen molar-refractivity contribution in [3.8, 4) is 0 Å². The van der Waals surface area contributed by atoms with Crippen LogP contribution in [-0.4, -0.2) is 25.8 Å². The monoisotopic (exact) mass is 167 g/mol. The van der Waals surface area contributed by atoms with Crippen LogP contribution in [0.2, 0.25) is 0 Å². The van der Waals surface area contributed by atoms with Gasteiger partial charge in [-0.05, 0) is 32.2 Å². The van der Waals surface area contributed by atoms with Gasteiger partial charge in [-0.25, -0.2) is 0 Å². The van der Waals surface area contributed by atoms with Gasteiger partial charge >= 0.3 is 0 Å². The molecule has 2 fully saturated rings. The van der Waals surface area contributed by atoms with Crippen LogP contribution in [0.3, 0.4) is 0 Å². The van der Waals surface area contributed by atoms with Crippen molar-refractivity contribution >= 4 is 0 Å². The van der Waals surface area contributed by atoms with E-state index in [2.05, 4.69) is 11.4 Å². The van der Waals surface area contributed by atoms with Crippen molar-refractivity contribution in [1.29, 1.82) is 0 Å². The van der Waals surface area contributed by atoms with Crippen LogP contribution in [0.25, 0.3) is 0 Å². The molecule has 1 unspecified atom stereocenters. The molecule has 2 aliphatic heterocycles. The summed E-state index contributed by atoms with van der Waals surface area (Å²) in [6.07, 6.45) is 7.79. The van der Waals surface area contributed by atoms with Gasteiger partial charge in [0.1, 0.15) is 0 Å². The summed E-state index contributed by atoms with van der Waals surface area (Å²) in [7, 11) is 0. The highest BCUT2D eigenvalue weighted by Crippen LogP contribution is 2.17. The van der Waals surface area contributed by atoms with Gasteiger partial charge in [0.2, 0.25) is 0 Å². The predicted molar refractivity (Wildman–Crippen MR) is 49.2 cm³/mol. The van der Waals surface area contributed by atoms with E-state index < -0.39 is 0 Å². The summed E-state index contributed by atoms with van der Waals surface area (Å²) in [4.78, 5) is 0. The molecule has 0 amide bonds. The topological polar surface area (TPSA) is 21.3 Å². The van der Waals surface area contributed by atoms with Gasteiger partial charge in [0, 0.05) is 13.2 Å². The van der Waals surface area contributed by atoms with E-state index in [0.29, 0.717) is 6.10 Å². The van der Waals surface area contributed by atoms with Crippen LogP contribution in [0.4, 0.5) is 0 Å². The largest absolute Gasteiger partial charge is 0.374 e. The highest BCUT2D eigenvalue weighted by Gasteiger charge is 2.14. The Morgan fingerprint density at radius 1 is 1.42 bits per heavy atom. The van der Waals surface area contributed by atoms with E-state index in [1.165, 1.54) is 32.2 Å². The quantitative estimate of drug-likeness (QED) is 0.597. The first-order valence-corrected chi connectivity index (χ1v) is 4.97. The predicted octanol–water partition coefficient (Wildman–Crippen LogP) is 1.48. The number of ether oxygens (including phenoxy) is 1. The van der Waals surface area contributed by atoms with Crippen LogP contribution in [0, 0.1) is 0 Å². The van der Waals surface area contributed by atoms with E-state index in [9.17, 15) is 0 Å². The summed E-state index contributed by atoms with van der Waals surface area (Å²) in [5.74, 6) is 0. The highest BCUT2D eigenvalue weighted by atomic mass is 16.5. The molecule has 0 spiro atoms. The Balaban J connectivity index is 1.87. The van der Waals surface area contributed by atoms with Crippen LogP contribution in [0.15, 0.2) is 11.6 Å². The smallest absolute Gasteiger partial charge is 0.0759 e. The average molecular weight is 167 g/mol. The van der Waals surface area contributed by atoms with Crippen molar-refractivity contribution in [2.75, 3.05) is 19.7 Å². The minimum atomic E-state index is 0.430. The van der Waals surface area contributed by atoms with Gasteiger partial charge in [0.05, 0.1) is 6.10 Å². The maximum atomic E-state index is 5.55. The first-order valence-electron chi connectivity index (χ1n) is 4.97. The van der Waals surface area contributed by atoms with Crippen molar-refractivity contribution in [3.05, 3.63) is 11.6 Å². The second kappa shape index (κ2) is 4.06. The van der Waals surface area contributed by atoms with Crippen LogP contribution < -0.4 is 5.32 Å². The lowest BCUT2D eigenvalue weighted by molar-refractivity contribution is 0.144. The lowest BCUT2D eigenvalue weighted by Gasteiger charge is -2.16. The lowest BCUT2D eigenvalue weighted by Crippen LogP contribution is -2.24. The highest BCUT2D eigenvalue weighted by molar-refractivity contribution is 5.09. The zero-order valence-electron chi connectivity index (χ0n) is 7.51. The summed E-state index contributed by atoms with van der Waals surface area (Å²) >= 11 is 0. The second-order valence-electron chi connectivity index (χ2n) is 3.66. The molecule has 2 heterocycles. The number of hydrogen-bond acceptors (Lipinski definition) is 2. The summed E-state index contributed by atoms with van der Waals surface area (Å²) in [5, 5.41) is 3.38. The maximum Gasteiger partial charge on any atom is 0.0759 e. The maximum absolute atomic E-state index is 5.55. The van der Waals surface area contributed by atoms with Gasteiger partial charge in [0.15, 0.2) is 0 Å². The normalized spacial score (nSPS) is 34.3. The van der Waals surface area contributed by atoms with Crippen LogP contribution in [0.5, 0.6) is 0 Å². The van der Waals surface area contributed by atoms with Crippen molar-refractivity contribution in [3.63, 3.8) is 0 Å². The molecule has 0 aromatic heterocycles. The Bertz CT molecular complexity index is 163. The van der Waals surface area contributed by atoms with Crippen molar-refractivity contribution in [2.45, 2.75) is 31.8 Å². The molecule has 0 aromatic rings. The summed E-state index contributed by atoms with van der Waals surface area (Å²) in [6.45, 7) is 3.23. The first-order chi connectivity index (χ1) is 5.95. The van der Waals surface area contributed by atoms with Gasteiger partial charge in [-0.15, -0.1) is 0 Å². The van der Waals surface area contributed by atoms with Crippen molar-refractivity contribution in [1.82, 2.24) is 5.32 Å². The third-order valence-electron chi connectivity index (χ3n) is 2.59. The number of piperidine rings is 1. The molecule has 0 aliphatic carbocycles. The third-order valence-corrected chi connectivity index (χ3v) is 2.59. The molecule has 2 rings (SSSR count). The zero-order chi connectivity index (χ0) is 8.23. The molecular formula is C10H17NO. The Labute approximate surface area is 74.0 Å². The lowest BCUT2D eigenvalue weighted by atomic mass is 10.0. The van der Waals surface area contributed by atoms with Crippen LogP contribution in [0.1, 0.15) is 25.7 Å². The molecule has 1 atom stereocenters. The summed E-state index contributed by atoms with van der Waals surface area (Å²) in [5.41, 5.74) is 1.55. The zero-order valence-corrected chi connectivity index (χ0v) is 7.51. The minimum absolute atomic E-state index is 0.430. The minimum Gasteiger partial charge on any atom is -0.374 e. The van der Waals surface area contributed by atoms with Gasteiger partial charge < -0.3 is 10.1 Å². The van der Waals surface area contributed by atoms with Gasteiger partial charge in [0.25, 0.3) is 0 Å². The Morgan fingerprint density at radius 2 is 2.42 bits per heavy atom. The molecule has 0 saturated carbocycles. The van der Waals surface area contributed by atoms with Crippen LogP contribution >= 0.6 is 0 Å². The molecule has 0 aromatic carbocycles. The Morgan fingerprint density at radius 3 is 3.08 bits per heavy atom. The van der Waals surface area contributed by atoms with Gasteiger partial charge in [-0.2, -0.15) is 0 Å². The second-order valence-corrected chi connectivity index (χ2v) is 3.66. The number of rotatable bonds is 1. The summed E-state index contributed by atoms with van der Waals surface area (Å²) < 4.78 is 5.55. The standard InChI is InChI=1S/C10H17NO/c1-3-9(8-11-5-1)7-10-4-2-6-12-10/h7,10-11H,1-6,8H2/b9-7+. The molecule has 2 aliphatic rings. The molecule has 2 saturated heterocycles. The molecule has 68 valence electrons. The van der Waals surface area contributed by atoms with Crippen LogP contribution in [-0.2, 0) is 4.74 Å². The van der Waals surface area contributed by atoms with Gasteiger partial charge in [-0.3, -0.25) is 0 Å². The fourth-order valence-electron chi connectivity index (χ4n) is 1.92. The van der Waals surface area contributed by atoms with Gasteiger partial charge in [-0.1, -0.05) is 11.6 Å². The molecule has 2 nitrogen and oxygen atoms in total. The molecule has 0 radical (unpaired) electrons. The molecule has 0 bridgehead atoms. The average Bonchev–Trinajstić information content (AvgIpc) is 2.59. The van der Waals surface area contributed by atoms with E-state index >= 15 is 0 Å². The Hall–Kier alpha value is -0.340. The van der Waals surface area contributed by atoms with Crippen molar-refractivity contribution < 1.29 is 4.74 Å². The van der Waals surface area contributed by atoms with E-state index in [4.69, 9.17) is 4.74 Å². The third kappa shape index (κ3) is 2.08. The number of hydrogen-bond donors (Lipinski definition) is 1. The van der Waals surface area contributed by atoms with E-state index in [1.807, 2.05) is 0 Å². The molecule has 12 heavy (non-hydrogen) atoms. The molecule has 1 N–H and O–H groups in total. The fourth-order valence-corrected chi connectivity index (χ4v) is 1.92.